The minimum absolute atomic E-state index is 0.182. The maximum Gasteiger partial charge on any atom is 0.254 e. The van der Waals surface area contributed by atoms with Crippen LogP contribution in [0.4, 0.5) is 4.39 Å². The smallest absolute Gasteiger partial charge is 0.254 e. The molecule has 1 aliphatic heterocycles. The lowest BCUT2D eigenvalue weighted by Crippen LogP contribution is -2.42. The summed E-state index contributed by atoms with van der Waals surface area (Å²) >= 11 is 0. The first-order valence-corrected chi connectivity index (χ1v) is 10.6. The van der Waals surface area contributed by atoms with Gasteiger partial charge >= 0.3 is 0 Å². The zero-order valence-electron chi connectivity index (χ0n) is 18.8. The van der Waals surface area contributed by atoms with E-state index in [0.29, 0.717) is 35.8 Å². The molecule has 1 amide bonds. The Kier molecular flexibility index (Phi) is 6.68. The fraction of sp³-hybridized carbons (Fsp3) is 0.269. The van der Waals surface area contributed by atoms with Crippen molar-refractivity contribution < 1.29 is 28.1 Å². The van der Waals surface area contributed by atoms with Gasteiger partial charge in [0.1, 0.15) is 23.9 Å². The van der Waals surface area contributed by atoms with Gasteiger partial charge in [0.15, 0.2) is 11.5 Å². The van der Waals surface area contributed by atoms with Crippen LogP contribution in [-0.4, -0.2) is 45.3 Å². The largest absolute Gasteiger partial charge is 0.497 e. The van der Waals surface area contributed by atoms with Crippen LogP contribution in [0.25, 0.3) is 0 Å². The first-order chi connectivity index (χ1) is 16.0. The molecule has 1 aliphatic rings. The Morgan fingerprint density at radius 1 is 0.909 bits per heavy atom. The van der Waals surface area contributed by atoms with E-state index in [1.807, 2.05) is 36.4 Å². The maximum atomic E-state index is 13.4. The minimum atomic E-state index is -0.383. The van der Waals surface area contributed by atoms with Crippen molar-refractivity contribution in [2.75, 3.05) is 34.5 Å². The van der Waals surface area contributed by atoms with E-state index in [2.05, 4.69) is 0 Å². The molecule has 0 bridgehead atoms. The lowest BCUT2D eigenvalue weighted by molar-refractivity contribution is 0.0589. The van der Waals surface area contributed by atoms with E-state index in [4.69, 9.17) is 18.9 Å². The number of hydrogen-bond acceptors (Lipinski definition) is 5. The number of carbonyl (C=O) groups excluding carboxylic acids is 1. The van der Waals surface area contributed by atoms with Gasteiger partial charge in [0, 0.05) is 12.1 Å². The molecule has 172 valence electrons. The van der Waals surface area contributed by atoms with Gasteiger partial charge in [-0.15, -0.1) is 0 Å². The van der Waals surface area contributed by atoms with Crippen LogP contribution in [0.3, 0.4) is 0 Å². The SMILES string of the molecule is COc1ccc(OC[C@H]2c3cc(OC)c(OC)cc3CCN2C(=O)c2ccc(F)cc2)cc1. The highest BCUT2D eigenvalue weighted by atomic mass is 19.1. The molecule has 0 saturated carbocycles. The van der Waals surface area contributed by atoms with Crippen LogP contribution >= 0.6 is 0 Å². The summed E-state index contributed by atoms with van der Waals surface area (Å²) in [6.45, 7) is 0.733. The number of hydrogen-bond donors (Lipinski definition) is 0. The van der Waals surface area contributed by atoms with Crippen molar-refractivity contribution in [3.05, 3.63) is 83.2 Å². The van der Waals surface area contributed by atoms with Crippen LogP contribution in [0.15, 0.2) is 60.7 Å². The van der Waals surface area contributed by atoms with Crippen LogP contribution < -0.4 is 18.9 Å². The molecular formula is C26H26FNO5. The Morgan fingerprint density at radius 3 is 2.18 bits per heavy atom. The second-order valence-electron chi connectivity index (χ2n) is 7.66. The summed E-state index contributed by atoms with van der Waals surface area (Å²) in [5.74, 6) is 2.06. The Labute approximate surface area is 192 Å². The first-order valence-electron chi connectivity index (χ1n) is 10.6. The molecule has 3 aromatic carbocycles. The highest BCUT2D eigenvalue weighted by molar-refractivity contribution is 5.94. The predicted molar refractivity (Wildman–Crippen MR) is 122 cm³/mol. The molecule has 3 aromatic rings. The van der Waals surface area contributed by atoms with E-state index in [9.17, 15) is 9.18 Å². The van der Waals surface area contributed by atoms with Gasteiger partial charge in [0.2, 0.25) is 0 Å². The van der Waals surface area contributed by atoms with E-state index in [-0.39, 0.29) is 24.4 Å². The number of carbonyl (C=O) groups is 1. The average molecular weight is 451 g/mol. The van der Waals surface area contributed by atoms with Crippen LogP contribution in [0, 0.1) is 5.82 Å². The second-order valence-corrected chi connectivity index (χ2v) is 7.66. The Balaban J connectivity index is 1.68. The van der Waals surface area contributed by atoms with Gasteiger partial charge in [-0.3, -0.25) is 4.79 Å². The van der Waals surface area contributed by atoms with Crippen LogP contribution in [0.5, 0.6) is 23.0 Å². The van der Waals surface area contributed by atoms with Crippen LogP contribution in [0.2, 0.25) is 0 Å². The zero-order valence-corrected chi connectivity index (χ0v) is 18.8. The van der Waals surface area contributed by atoms with Crippen molar-refractivity contribution in [3.8, 4) is 23.0 Å². The lowest BCUT2D eigenvalue weighted by Gasteiger charge is -2.37. The molecule has 0 spiro atoms. The summed E-state index contributed by atoms with van der Waals surface area (Å²) in [6.07, 6.45) is 0.654. The van der Waals surface area contributed by atoms with E-state index >= 15 is 0 Å². The number of methoxy groups -OCH3 is 3. The third-order valence-corrected chi connectivity index (χ3v) is 5.82. The summed E-state index contributed by atoms with van der Waals surface area (Å²) in [7, 11) is 4.79. The van der Waals surface area contributed by atoms with E-state index in [0.717, 1.165) is 16.9 Å². The normalized spacial score (nSPS) is 14.9. The molecule has 0 unspecified atom stereocenters. The standard InChI is InChI=1S/C26H26FNO5/c1-30-20-8-10-21(11-9-20)33-16-23-22-15-25(32-3)24(31-2)14-18(22)12-13-28(23)26(29)17-4-6-19(27)7-5-17/h4-11,14-15,23H,12-13,16H2,1-3H3/t23-/m0/s1. The van der Waals surface area contributed by atoms with Gasteiger partial charge in [0.05, 0.1) is 27.4 Å². The summed E-state index contributed by atoms with van der Waals surface area (Å²) in [6, 6.07) is 16.4. The molecule has 7 heteroatoms. The molecule has 1 atom stereocenters. The number of ether oxygens (including phenoxy) is 4. The topological polar surface area (TPSA) is 57.2 Å². The lowest BCUT2D eigenvalue weighted by atomic mass is 9.91. The zero-order chi connectivity index (χ0) is 23.4. The highest BCUT2D eigenvalue weighted by Gasteiger charge is 2.33. The Morgan fingerprint density at radius 2 is 1.55 bits per heavy atom. The van der Waals surface area contributed by atoms with Crippen molar-refractivity contribution in [1.82, 2.24) is 4.90 Å². The number of benzene rings is 3. The highest BCUT2D eigenvalue weighted by Crippen LogP contribution is 2.39. The quantitative estimate of drug-likeness (QED) is 0.523. The predicted octanol–water partition coefficient (Wildman–Crippen LogP) is 4.67. The van der Waals surface area contributed by atoms with Crippen molar-refractivity contribution in [2.24, 2.45) is 0 Å². The van der Waals surface area contributed by atoms with Crippen molar-refractivity contribution >= 4 is 5.91 Å². The summed E-state index contributed by atoms with van der Waals surface area (Å²) in [4.78, 5) is 15.1. The molecule has 6 nitrogen and oxygen atoms in total. The maximum absolute atomic E-state index is 13.4. The molecular weight excluding hydrogens is 425 g/mol. The number of halogens is 1. The summed E-state index contributed by atoms with van der Waals surface area (Å²) in [5, 5.41) is 0. The third kappa shape index (κ3) is 4.72. The summed E-state index contributed by atoms with van der Waals surface area (Å²) < 4.78 is 35.7. The third-order valence-electron chi connectivity index (χ3n) is 5.82. The monoisotopic (exact) mass is 451 g/mol. The Hall–Kier alpha value is -3.74. The number of fused-ring (bicyclic) bond motifs is 1. The van der Waals surface area contributed by atoms with Gasteiger partial charge in [-0.2, -0.15) is 0 Å². The molecule has 0 N–H and O–H groups in total. The van der Waals surface area contributed by atoms with Crippen molar-refractivity contribution in [1.29, 1.82) is 0 Å². The van der Waals surface area contributed by atoms with Gasteiger partial charge in [-0.25, -0.2) is 4.39 Å². The van der Waals surface area contributed by atoms with E-state index in [1.54, 1.807) is 26.2 Å². The molecule has 0 fully saturated rings. The number of amides is 1. The molecule has 4 rings (SSSR count). The molecule has 0 saturated heterocycles. The van der Waals surface area contributed by atoms with E-state index in [1.165, 1.54) is 24.3 Å². The van der Waals surface area contributed by atoms with Gasteiger partial charge < -0.3 is 23.8 Å². The second kappa shape index (κ2) is 9.81. The van der Waals surface area contributed by atoms with Gasteiger partial charge in [-0.05, 0) is 78.2 Å². The summed E-state index contributed by atoms with van der Waals surface area (Å²) in [5.41, 5.74) is 2.43. The van der Waals surface area contributed by atoms with Crippen LogP contribution in [-0.2, 0) is 6.42 Å². The number of rotatable bonds is 7. The first kappa shape index (κ1) is 22.5. The Bertz CT molecular complexity index is 1110. The number of nitrogens with zero attached hydrogens (tertiary/aromatic N) is 1. The van der Waals surface area contributed by atoms with Gasteiger partial charge in [-0.1, -0.05) is 0 Å². The van der Waals surface area contributed by atoms with Crippen molar-refractivity contribution in [3.63, 3.8) is 0 Å². The minimum Gasteiger partial charge on any atom is -0.497 e. The molecule has 0 aliphatic carbocycles. The fourth-order valence-electron chi connectivity index (χ4n) is 4.06. The van der Waals surface area contributed by atoms with Crippen LogP contribution in [0.1, 0.15) is 27.5 Å². The van der Waals surface area contributed by atoms with Crippen molar-refractivity contribution in [2.45, 2.75) is 12.5 Å². The molecule has 1 heterocycles. The molecule has 0 aromatic heterocycles. The molecule has 33 heavy (non-hydrogen) atoms. The van der Waals surface area contributed by atoms with Gasteiger partial charge in [0.25, 0.3) is 5.91 Å². The fourth-order valence-corrected chi connectivity index (χ4v) is 4.06. The van der Waals surface area contributed by atoms with E-state index < -0.39 is 0 Å². The molecule has 0 radical (unpaired) electrons. The average Bonchev–Trinajstić information content (AvgIpc) is 2.86.